The molecule has 28 heavy (non-hydrogen) atoms. The molecule has 0 unspecified atom stereocenters. The van der Waals surface area contributed by atoms with Crippen molar-refractivity contribution in [2.45, 2.75) is 36.0 Å². The summed E-state index contributed by atoms with van der Waals surface area (Å²) in [7, 11) is -2.26. The number of hydrogen-bond donors (Lipinski definition) is 1. The van der Waals surface area contributed by atoms with Crippen LogP contribution in [0.4, 0.5) is 4.39 Å². The largest absolute Gasteiger partial charge is 0.357 e. The number of piperidine rings is 1. The van der Waals surface area contributed by atoms with E-state index in [4.69, 9.17) is 4.74 Å². The normalized spacial score (nSPS) is 22.0. The molecular formula is C18H21FN4O4S. The van der Waals surface area contributed by atoms with Crippen molar-refractivity contribution in [3.63, 3.8) is 0 Å². The van der Waals surface area contributed by atoms with E-state index in [0.717, 1.165) is 6.07 Å². The molecular weight excluding hydrogens is 387 g/mol. The number of rotatable bonds is 3. The van der Waals surface area contributed by atoms with Crippen molar-refractivity contribution in [1.29, 1.82) is 0 Å². The van der Waals surface area contributed by atoms with Crippen LogP contribution in [0.5, 0.6) is 0 Å². The smallest absolute Gasteiger partial charge is 0.250 e. The average Bonchev–Trinajstić information content (AvgIpc) is 3.17. The Hall–Kier alpha value is -2.30. The molecule has 10 heteroatoms. The van der Waals surface area contributed by atoms with E-state index in [9.17, 15) is 17.6 Å². The molecule has 3 heterocycles. The van der Waals surface area contributed by atoms with Gasteiger partial charge in [-0.15, -0.1) is 0 Å². The van der Waals surface area contributed by atoms with E-state index in [1.165, 1.54) is 22.5 Å². The van der Waals surface area contributed by atoms with Crippen LogP contribution in [-0.2, 0) is 31.7 Å². The highest BCUT2D eigenvalue weighted by atomic mass is 32.2. The minimum atomic E-state index is -3.81. The molecule has 1 atom stereocenters. The first-order valence-corrected chi connectivity index (χ1v) is 10.5. The van der Waals surface area contributed by atoms with Gasteiger partial charge in [0.1, 0.15) is 17.2 Å². The second kappa shape index (κ2) is 6.94. The summed E-state index contributed by atoms with van der Waals surface area (Å²) in [6.07, 6.45) is 3.49. The maximum absolute atomic E-state index is 13.5. The van der Waals surface area contributed by atoms with Gasteiger partial charge < -0.3 is 14.6 Å². The molecule has 4 rings (SSSR count). The summed E-state index contributed by atoms with van der Waals surface area (Å²) in [5, 5.41) is 2.60. The Balaban J connectivity index is 1.59. The predicted octanol–water partition coefficient (Wildman–Crippen LogP) is 0.847. The van der Waals surface area contributed by atoms with Gasteiger partial charge in [0.25, 0.3) is 5.91 Å². The van der Waals surface area contributed by atoms with Crippen LogP contribution < -0.4 is 5.32 Å². The highest BCUT2D eigenvalue weighted by Gasteiger charge is 2.48. The lowest BCUT2D eigenvalue weighted by atomic mass is 9.89. The van der Waals surface area contributed by atoms with E-state index < -0.39 is 27.5 Å². The first kappa shape index (κ1) is 19.0. The molecule has 0 saturated carbocycles. The number of imidazole rings is 1. The summed E-state index contributed by atoms with van der Waals surface area (Å²) >= 11 is 0. The number of nitrogens with one attached hydrogen (secondary N) is 1. The molecule has 0 bridgehead atoms. The third-order valence-corrected chi connectivity index (χ3v) is 7.25. The van der Waals surface area contributed by atoms with Gasteiger partial charge in [-0.2, -0.15) is 4.31 Å². The Kier molecular flexibility index (Phi) is 4.72. The number of carbonyl (C=O) groups excluding carboxylic acids is 1. The number of benzene rings is 1. The maximum atomic E-state index is 13.5. The summed E-state index contributed by atoms with van der Waals surface area (Å²) in [5.74, 6) is -0.121. The van der Waals surface area contributed by atoms with E-state index >= 15 is 0 Å². The second-order valence-corrected chi connectivity index (χ2v) is 8.92. The van der Waals surface area contributed by atoms with Crippen molar-refractivity contribution in [3.05, 3.63) is 48.3 Å². The van der Waals surface area contributed by atoms with Gasteiger partial charge in [-0.3, -0.25) is 4.79 Å². The zero-order valence-corrected chi connectivity index (χ0v) is 16.2. The lowest BCUT2D eigenvalue weighted by Gasteiger charge is -2.45. The number of aromatic nitrogens is 2. The number of carbonyl (C=O) groups is 1. The average molecular weight is 408 g/mol. The van der Waals surface area contributed by atoms with Gasteiger partial charge >= 0.3 is 0 Å². The van der Waals surface area contributed by atoms with E-state index in [2.05, 4.69) is 10.3 Å². The van der Waals surface area contributed by atoms with Gasteiger partial charge in [-0.05, 0) is 31.0 Å². The molecule has 1 amide bonds. The summed E-state index contributed by atoms with van der Waals surface area (Å²) in [4.78, 5) is 16.5. The number of halogens is 1. The van der Waals surface area contributed by atoms with Crippen molar-refractivity contribution < 1.29 is 22.3 Å². The Morgan fingerprint density at radius 3 is 2.79 bits per heavy atom. The molecule has 0 radical (unpaired) electrons. The van der Waals surface area contributed by atoms with Crippen molar-refractivity contribution in [2.75, 3.05) is 20.1 Å². The molecule has 1 fully saturated rings. The summed E-state index contributed by atoms with van der Waals surface area (Å²) < 4.78 is 48.6. The van der Waals surface area contributed by atoms with Gasteiger partial charge in [0, 0.05) is 32.5 Å². The molecule has 1 aromatic carbocycles. The Labute approximate surface area is 162 Å². The van der Waals surface area contributed by atoms with E-state index in [1.807, 2.05) is 4.57 Å². The fourth-order valence-electron chi connectivity index (χ4n) is 3.90. The molecule has 8 nitrogen and oxygen atoms in total. The van der Waals surface area contributed by atoms with Gasteiger partial charge in [0.05, 0.1) is 11.4 Å². The van der Waals surface area contributed by atoms with Crippen molar-refractivity contribution in [3.8, 4) is 0 Å². The van der Waals surface area contributed by atoms with E-state index in [1.54, 1.807) is 19.4 Å². The molecule has 2 aliphatic heterocycles. The monoisotopic (exact) mass is 408 g/mol. The number of ether oxygens (including phenoxy) is 1. The molecule has 1 spiro atoms. The summed E-state index contributed by atoms with van der Waals surface area (Å²) in [6.45, 7) is 0.737. The van der Waals surface area contributed by atoms with Crippen LogP contribution in [0.2, 0.25) is 0 Å². The standard InChI is InChI=1S/C18H21FN4O4S/c1-20-16(24)15-12-22-10-7-21-17(22)18(27-15)5-8-23(9-6-18)28(25,26)14-4-2-3-13(19)11-14/h2-4,7,10-11,15H,5-6,8-9,12H2,1H3,(H,20,24)/t15-/m1/s1. The molecule has 1 saturated heterocycles. The number of amides is 1. The lowest BCUT2D eigenvalue weighted by Crippen LogP contribution is -2.54. The number of likely N-dealkylation sites (N-methyl/N-ethyl adjacent to an activating group) is 1. The van der Waals surface area contributed by atoms with Crippen LogP contribution in [0.1, 0.15) is 18.7 Å². The molecule has 1 N–H and O–H groups in total. The molecule has 2 aliphatic rings. The molecule has 150 valence electrons. The quantitative estimate of drug-likeness (QED) is 0.813. The zero-order valence-electron chi connectivity index (χ0n) is 15.3. The topological polar surface area (TPSA) is 93.5 Å². The van der Waals surface area contributed by atoms with Gasteiger partial charge in [0.2, 0.25) is 10.0 Å². The first-order valence-electron chi connectivity index (χ1n) is 9.02. The number of nitrogens with zero attached hydrogens (tertiary/aromatic N) is 3. The van der Waals surface area contributed by atoms with E-state index in [-0.39, 0.29) is 23.9 Å². The van der Waals surface area contributed by atoms with Gasteiger partial charge in [0.15, 0.2) is 6.10 Å². The molecule has 0 aliphatic carbocycles. The van der Waals surface area contributed by atoms with Gasteiger partial charge in [-0.1, -0.05) is 6.07 Å². The lowest BCUT2D eigenvalue weighted by molar-refractivity contribution is -0.170. The number of fused-ring (bicyclic) bond motifs is 2. The van der Waals surface area contributed by atoms with Crippen LogP contribution in [0.15, 0.2) is 41.6 Å². The minimum Gasteiger partial charge on any atom is -0.357 e. The fourth-order valence-corrected chi connectivity index (χ4v) is 5.37. The van der Waals surface area contributed by atoms with Crippen LogP contribution in [-0.4, -0.2) is 54.4 Å². The Bertz CT molecular complexity index is 999. The third-order valence-electron chi connectivity index (χ3n) is 5.36. The summed E-state index contributed by atoms with van der Waals surface area (Å²) in [5.41, 5.74) is -0.827. The van der Waals surface area contributed by atoms with Crippen molar-refractivity contribution >= 4 is 15.9 Å². The van der Waals surface area contributed by atoms with Crippen molar-refractivity contribution in [2.24, 2.45) is 0 Å². The molecule has 1 aromatic heterocycles. The Morgan fingerprint density at radius 2 is 2.11 bits per heavy atom. The number of hydrogen-bond acceptors (Lipinski definition) is 5. The maximum Gasteiger partial charge on any atom is 0.250 e. The third kappa shape index (κ3) is 3.11. The van der Waals surface area contributed by atoms with Crippen molar-refractivity contribution in [1.82, 2.24) is 19.2 Å². The van der Waals surface area contributed by atoms with Crippen LogP contribution in [0, 0.1) is 5.82 Å². The SMILES string of the molecule is CNC(=O)[C@H]1Cn2ccnc2C2(CCN(S(=O)(=O)c3cccc(F)c3)CC2)O1. The fraction of sp³-hybridized carbons (Fsp3) is 0.444. The minimum absolute atomic E-state index is 0.0715. The Morgan fingerprint density at radius 1 is 1.36 bits per heavy atom. The van der Waals surface area contributed by atoms with Crippen LogP contribution >= 0.6 is 0 Å². The molecule has 2 aromatic rings. The first-order chi connectivity index (χ1) is 13.4. The van der Waals surface area contributed by atoms with Gasteiger partial charge in [-0.25, -0.2) is 17.8 Å². The zero-order chi connectivity index (χ0) is 19.9. The highest BCUT2D eigenvalue weighted by Crippen LogP contribution is 2.41. The van der Waals surface area contributed by atoms with Crippen LogP contribution in [0.25, 0.3) is 0 Å². The summed E-state index contributed by atoms with van der Waals surface area (Å²) in [6, 6.07) is 4.99. The second-order valence-electron chi connectivity index (χ2n) is 6.98. The van der Waals surface area contributed by atoms with E-state index in [0.29, 0.717) is 25.2 Å². The highest BCUT2D eigenvalue weighted by molar-refractivity contribution is 7.89. The number of sulfonamides is 1. The van der Waals surface area contributed by atoms with Crippen LogP contribution in [0.3, 0.4) is 0 Å². The predicted molar refractivity (Wildman–Crippen MR) is 97.2 cm³/mol.